The second kappa shape index (κ2) is 9.03. The Balaban J connectivity index is 2.25. The summed E-state index contributed by atoms with van der Waals surface area (Å²) in [6.07, 6.45) is -0.839. The topological polar surface area (TPSA) is 90.9 Å². The molecule has 1 atom stereocenters. The largest absolute Gasteiger partial charge is 0.481 e. The van der Waals surface area contributed by atoms with Crippen LogP contribution in [0, 0.1) is 13.8 Å². The smallest absolute Gasteiger partial charge is 0.339 e. The highest BCUT2D eigenvalue weighted by Gasteiger charge is 2.21. The van der Waals surface area contributed by atoms with Gasteiger partial charge in [-0.1, -0.05) is 17.7 Å². The minimum atomic E-state index is -0.839. The van der Waals surface area contributed by atoms with E-state index in [1.807, 2.05) is 26.0 Å². The molecule has 0 aromatic heterocycles. The van der Waals surface area contributed by atoms with Gasteiger partial charge >= 0.3 is 11.9 Å². The first-order chi connectivity index (χ1) is 13.3. The van der Waals surface area contributed by atoms with Crippen LogP contribution in [0.1, 0.15) is 38.8 Å². The number of anilines is 1. The van der Waals surface area contributed by atoms with Crippen LogP contribution in [-0.4, -0.2) is 38.2 Å². The van der Waals surface area contributed by atoms with Crippen molar-refractivity contribution in [2.24, 2.45) is 0 Å². The lowest BCUT2D eigenvalue weighted by Crippen LogP contribution is -2.31. The van der Waals surface area contributed by atoms with Gasteiger partial charge in [0.2, 0.25) is 0 Å². The Morgan fingerprint density at radius 1 is 0.929 bits per heavy atom. The number of esters is 2. The summed E-state index contributed by atoms with van der Waals surface area (Å²) in [5.41, 5.74) is 2.43. The molecule has 0 aliphatic carbocycles. The van der Waals surface area contributed by atoms with E-state index in [1.54, 1.807) is 13.0 Å². The lowest BCUT2D eigenvalue weighted by Gasteiger charge is -2.18. The second-order valence-corrected chi connectivity index (χ2v) is 6.26. The van der Waals surface area contributed by atoms with E-state index >= 15 is 0 Å². The van der Waals surface area contributed by atoms with Gasteiger partial charge in [0, 0.05) is 0 Å². The van der Waals surface area contributed by atoms with Crippen LogP contribution in [0.5, 0.6) is 5.75 Å². The van der Waals surface area contributed by atoms with Gasteiger partial charge < -0.3 is 19.5 Å². The van der Waals surface area contributed by atoms with Gasteiger partial charge in [-0.05, 0) is 50.6 Å². The van der Waals surface area contributed by atoms with Gasteiger partial charge in [0.15, 0.2) is 6.10 Å². The molecule has 0 aliphatic heterocycles. The number of hydrogen-bond acceptors (Lipinski definition) is 6. The predicted molar refractivity (Wildman–Crippen MR) is 104 cm³/mol. The zero-order chi connectivity index (χ0) is 20.8. The maximum absolute atomic E-state index is 12.6. The molecule has 2 rings (SSSR count). The number of nitrogens with one attached hydrogen (secondary N) is 1. The average Bonchev–Trinajstić information content (AvgIpc) is 2.68. The molecule has 0 unspecified atom stereocenters. The molecule has 148 valence electrons. The zero-order valence-electron chi connectivity index (χ0n) is 16.5. The average molecular weight is 385 g/mol. The van der Waals surface area contributed by atoms with Crippen molar-refractivity contribution in [3.8, 4) is 5.75 Å². The maximum Gasteiger partial charge on any atom is 0.339 e. The maximum atomic E-state index is 12.6. The molecule has 2 aromatic carbocycles. The number of carbonyl (C=O) groups excluding carboxylic acids is 3. The number of benzene rings is 2. The molecule has 1 N–H and O–H groups in total. The van der Waals surface area contributed by atoms with Gasteiger partial charge in [-0.2, -0.15) is 0 Å². The van der Waals surface area contributed by atoms with Crippen molar-refractivity contribution in [1.82, 2.24) is 0 Å². The van der Waals surface area contributed by atoms with E-state index in [0.717, 1.165) is 11.1 Å². The lowest BCUT2D eigenvalue weighted by atomic mass is 10.1. The van der Waals surface area contributed by atoms with Crippen molar-refractivity contribution < 1.29 is 28.6 Å². The number of methoxy groups -OCH3 is 2. The van der Waals surface area contributed by atoms with Crippen LogP contribution in [0.4, 0.5) is 5.69 Å². The first kappa shape index (κ1) is 21.0. The number of carbonyl (C=O) groups is 3. The Bertz CT molecular complexity index is 906. The fourth-order valence-electron chi connectivity index (χ4n) is 2.59. The monoisotopic (exact) mass is 385 g/mol. The zero-order valence-corrected chi connectivity index (χ0v) is 16.5. The van der Waals surface area contributed by atoms with Gasteiger partial charge in [0.05, 0.1) is 31.0 Å². The fraction of sp³-hybridized carbons (Fsp3) is 0.286. The van der Waals surface area contributed by atoms with E-state index in [1.165, 1.54) is 32.4 Å². The van der Waals surface area contributed by atoms with Crippen molar-refractivity contribution in [1.29, 1.82) is 0 Å². The molecule has 1 amide bonds. The van der Waals surface area contributed by atoms with E-state index < -0.39 is 23.9 Å². The summed E-state index contributed by atoms with van der Waals surface area (Å²) >= 11 is 0. The summed E-state index contributed by atoms with van der Waals surface area (Å²) in [7, 11) is 2.47. The van der Waals surface area contributed by atoms with Gasteiger partial charge in [-0.25, -0.2) is 9.59 Å². The van der Waals surface area contributed by atoms with Gasteiger partial charge in [0.1, 0.15) is 5.75 Å². The minimum Gasteiger partial charge on any atom is -0.481 e. The summed E-state index contributed by atoms with van der Waals surface area (Å²) in [5, 5.41) is 2.62. The Morgan fingerprint density at radius 3 is 2.21 bits per heavy atom. The predicted octanol–water partition coefficient (Wildman–Crippen LogP) is 3.28. The molecule has 0 saturated heterocycles. The second-order valence-electron chi connectivity index (χ2n) is 6.26. The van der Waals surface area contributed by atoms with Crippen LogP contribution in [0.25, 0.3) is 0 Å². The van der Waals surface area contributed by atoms with Crippen molar-refractivity contribution in [2.45, 2.75) is 26.9 Å². The third kappa shape index (κ3) is 4.88. The van der Waals surface area contributed by atoms with Crippen molar-refractivity contribution >= 4 is 23.5 Å². The molecular formula is C21H23NO6. The molecule has 0 saturated carbocycles. The summed E-state index contributed by atoms with van der Waals surface area (Å²) in [5.74, 6) is -1.13. The lowest BCUT2D eigenvalue weighted by molar-refractivity contribution is -0.122. The molecule has 0 spiro atoms. The van der Waals surface area contributed by atoms with E-state index in [2.05, 4.69) is 10.1 Å². The Morgan fingerprint density at radius 2 is 1.61 bits per heavy atom. The number of aryl methyl sites for hydroxylation is 2. The van der Waals surface area contributed by atoms with Crippen molar-refractivity contribution in [3.05, 3.63) is 58.7 Å². The molecule has 2 aromatic rings. The third-order valence-corrected chi connectivity index (χ3v) is 4.11. The molecule has 7 nitrogen and oxygen atoms in total. The van der Waals surface area contributed by atoms with Crippen LogP contribution in [0.2, 0.25) is 0 Å². The molecule has 0 bridgehead atoms. The third-order valence-electron chi connectivity index (χ3n) is 4.11. The minimum absolute atomic E-state index is 0.113. The number of hydrogen-bond donors (Lipinski definition) is 1. The normalized spacial score (nSPS) is 11.3. The van der Waals surface area contributed by atoms with E-state index in [9.17, 15) is 14.4 Å². The molecule has 0 heterocycles. The van der Waals surface area contributed by atoms with Crippen LogP contribution in [0.3, 0.4) is 0 Å². The van der Waals surface area contributed by atoms with Crippen LogP contribution in [-0.2, 0) is 14.3 Å². The highest BCUT2D eigenvalue weighted by atomic mass is 16.5. The first-order valence-corrected chi connectivity index (χ1v) is 8.62. The van der Waals surface area contributed by atoms with Crippen LogP contribution >= 0.6 is 0 Å². The van der Waals surface area contributed by atoms with Crippen molar-refractivity contribution in [2.75, 3.05) is 19.5 Å². The van der Waals surface area contributed by atoms with Crippen molar-refractivity contribution in [3.63, 3.8) is 0 Å². The summed E-state index contributed by atoms with van der Waals surface area (Å²) < 4.78 is 15.2. The standard InChI is InChI=1S/C21H23NO6/c1-12-6-9-18(13(2)10-12)28-14(3)19(23)22-17-11-15(20(24)26-4)7-8-16(17)21(25)27-5/h6-11,14H,1-5H3,(H,22,23)/t14-/m0/s1. The SMILES string of the molecule is COC(=O)c1ccc(C(=O)OC)c(NC(=O)[C@H](C)Oc2ccc(C)cc2C)c1. The molecule has 0 fully saturated rings. The van der Waals surface area contributed by atoms with E-state index in [0.29, 0.717) is 5.75 Å². The summed E-state index contributed by atoms with van der Waals surface area (Å²) in [6, 6.07) is 9.82. The van der Waals surface area contributed by atoms with Crippen LogP contribution < -0.4 is 10.1 Å². The Labute approximate surface area is 163 Å². The van der Waals surface area contributed by atoms with Gasteiger partial charge in [0.25, 0.3) is 5.91 Å². The van der Waals surface area contributed by atoms with E-state index in [-0.39, 0.29) is 16.8 Å². The number of amides is 1. The molecule has 28 heavy (non-hydrogen) atoms. The van der Waals surface area contributed by atoms with Gasteiger partial charge in [-0.15, -0.1) is 0 Å². The molecular weight excluding hydrogens is 362 g/mol. The highest BCUT2D eigenvalue weighted by Crippen LogP contribution is 2.22. The number of ether oxygens (including phenoxy) is 3. The fourth-order valence-corrected chi connectivity index (χ4v) is 2.59. The quantitative estimate of drug-likeness (QED) is 0.768. The van der Waals surface area contributed by atoms with Crippen LogP contribution in [0.15, 0.2) is 36.4 Å². The first-order valence-electron chi connectivity index (χ1n) is 8.62. The summed E-state index contributed by atoms with van der Waals surface area (Å²) in [6.45, 7) is 5.45. The van der Waals surface area contributed by atoms with E-state index in [4.69, 9.17) is 9.47 Å². The van der Waals surface area contributed by atoms with Gasteiger partial charge in [-0.3, -0.25) is 4.79 Å². The Kier molecular flexibility index (Phi) is 6.76. The number of rotatable bonds is 6. The molecule has 7 heteroatoms. The Hall–Kier alpha value is -3.35. The summed E-state index contributed by atoms with van der Waals surface area (Å²) in [4.78, 5) is 36.4. The molecule has 0 radical (unpaired) electrons. The molecule has 0 aliphatic rings. The highest BCUT2D eigenvalue weighted by molar-refractivity contribution is 6.04.